The van der Waals surface area contributed by atoms with E-state index in [1.807, 2.05) is 30.3 Å². The molecule has 34 heavy (non-hydrogen) atoms. The Morgan fingerprint density at radius 3 is 2.24 bits per heavy atom. The van der Waals surface area contributed by atoms with E-state index in [2.05, 4.69) is 15.9 Å². The van der Waals surface area contributed by atoms with Crippen molar-refractivity contribution in [1.82, 2.24) is 0 Å². The molecule has 0 bridgehead atoms. The van der Waals surface area contributed by atoms with Gasteiger partial charge in [-0.3, -0.25) is 14.4 Å². The lowest BCUT2D eigenvalue weighted by atomic mass is 10.1. The molecule has 0 spiro atoms. The summed E-state index contributed by atoms with van der Waals surface area (Å²) in [6.45, 7) is -0.438. The van der Waals surface area contributed by atoms with Crippen molar-refractivity contribution in [3.63, 3.8) is 0 Å². The van der Waals surface area contributed by atoms with Crippen LogP contribution in [0.25, 0.3) is 10.8 Å². The number of hydrogen-bond donors (Lipinski definition) is 0. The van der Waals surface area contributed by atoms with E-state index in [9.17, 15) is 19.2 Å². The number of hydrogen-bond acceptors (Lipinski definition) is 5. The summed E-state index contributed by atoms with van der Waals surface area (Å²) in [5.41, 5.74) is 1.31. The van der Waals surface area contributed by atoms with Gasteiger partial charge in [-0.1, -0.05) is 64.5 Å². The van der Waals surface area contributed by atoms with Crippen LogP contribution in [-0.2, 0) is 4.74 Å². The first kappa shape index (κ1) is 21.7. The van der Waals surface area contributed by atoms with E-state index in [0.29, 0.717) is 11.3 Å². The molecular weight excluding hydrogens is 498 g/mol. The van der Waals surface area contributed by atoms with Gasteiger partial charge in [0.1, 0.15) is 0 Å². The highest BCUT2D eigenvalue weighted by Crippen LogP contribution is 2.34. The molecule has 0 fully saturated rings. The average Bonchev–Trinajstić information content (AvgIpc) is 3.11. The Labute approximate surface area is 202 Å². The van der Waals surface area contributed by atoms with Gasteiger partial charge in [-0.2, -0.15) is 0 Å². The summed E-state index contributed by atoms with van der Waals surface area (Å²) >= 11 is 3.30. The Balaban J connectivity index is 1.38. The van der Waals surface area contributed by atoms with Gasteiger partial charge in [-0.25, -0.2) is 9.69 Å². The number of benzene rings is 4. The van der Waals surface area contributed by atoms with E-state index < -0.39 is 24.4 Å². The van der Waals surface area contributed by atoms with Gasteiger partial charge >= 0.3 is 5.97 Å². The highest BCUT2D eigenvalue weighted by Gasteiger charge is 2.38. The van der Waals surface area contributed by atoms with Crippen molar-refractivity contribution < 1.29 is 23.9 Å². The third-order valence-electron chi connectivity index (χ3n) is 5.63. The van der Waals surface area contributed by atoms with Gasteiger partial charge in [0.2, 0.25) is 0 Å². The molecule has 4 aromatic carbocycles. The molecule has 6 nitrogen and oxygen atoms in total. The van der Waals surface area contributed by atoms with Crippen LogP contribution in [0.3, 0.4) is 0 Å². The summed E-state index contributed by atoms with van der Waals surface area (Å²) in [4.78, 5) is 52.2. The molecule has 0 saturated carbocycles. The molecular formula is C27H16BrNO5. The van der Waals surface area contributed by atoms with E-state index in [-0.39, 0.29) is 22.5 Å². The number of fused-ring (bicyclic) bond motifs is 2. The number of amides is 2. The van der Waals surface area contributed by atoms with Crippen molar-refractivity contribution in [2.45, 2.75) is 0 Å². The monoisotopic (exact) mass is 513 g/mol. The molecule has 0 saturated heterocycles. The van der Waals surface area contributed by atoms with Gasteiger partial charge in [0.05, 0.1) is 22.4 Å². The number of carbonyl (C=O) groups excluding carboxylic acids is 4. The maximum Gasteiger partial charge on any atom is 0.338 e. The van der Waals surface area contributed by atoms with Crippen molar-refractivity contribution in [3.8, 4) is 0 Å². The van der Waals surface area contributed by atoms with Crippen LogP contribution in [0.5, 0.6) is 0 Å². The number of imide groups is 1. The third-order valence-corrected chi connectivity index (χ3v) is 6.16. The predicted octanol–water partition coefficient (Wildman–Crippen LogP) is 5.44. The van der Waals surface area contributed by atoms with Gasteiger partial charge in [0.25, 0.3) is 11.8 Å². The number of rotatable bonds is 5. The van der Waals surface area contributed by atoms with Crippen molar-refractivity contribution in [1.29, 1.82) is 0 Å². The second-order valence-corrected chi connectivity index (χ2v) is 8.63. The SMILES string of the molecule is O=C(COC(=O)c1ccc2c(c1)C(=O)N(c1cccc3ccccc13)C2=O)c1ccc(Br)cc1. The quantitative estimate of drug-likeness (QED) is 0.201. The van der Waals surface area contributed by atoms with Crippen LogP contribution in [0.1, 0.15) is 41.4 Å². The molecule has 166 valence electrons. The highest BCUT2D eigenvalue weighted by atomic mass is 79.9. The molecule has 0 atom stereocenters. The molecule has 4 aromatic rings. The summed E-state index contributed by atoms with van der Waals surface area (Å²) < 4.78 is 5.99. The lowest BCUT2D eigenvalue weighted by Crippen LogP contribution is -2.29. The minimum Gasteiger partial charge on any atom is -0.454 e. The summed E-state index contributed by atoms with van der Waals surface area (Å²) in [5, 5.41) is 1.67. The van der Waals surface area contributed by atoms with Crippen LogP contribution in [0.4, 0.5) is 5.69 Å². The van der Waals surface area contributed by atoms with E-state index in [1.165, 1.54) is 18.2 Å². The number of ether oxygens (including phenoxy) is 1. The molecule has 0 radical (unpaired) electrons. The molecule has 1 aliphatic rings. The minimum atomic E-state index is -0.753. The van der Waals surface area contributed by atoms with E-state index in [1.54, 1.807) is 36.4 Å². The zero-order valence-electron chi connectivity index (χ0n) is 17.7. The predicted molar refractivity (Wildman–Crippen MR) is 130 cm³/mol. The molecule has 0 unspecified atom stereocenters. The van der Waals surface area contributed by atoms with E-state index in [0.717, 1.165) is 20.1 Å². The summed E-state index contributed by atoms with van der Waals surface area (Å²) in [7, 11) is 0. The lowest BCUT2D eigenvalue weighted by molar-refractivity contribution is 0.0474. The van der Waals surface area contributed by atoms with Crippen molar-refractivity contribution >= 4 is 56.0 Å². The van der Waals surface area contributed by atoms with Gasteiger partial charge in [0.15, 0.2) is 12.4 Å². The number of carbonyl (C=O) groups is 4. The Kier molecular flexibility index (Phi) is 5.55. The smallest absolute Gasteiger partial charge is 0.338 e. The van der Waals surface area contributed by atoms with Gasteiger partial charge in [-0.05, 0) is 41.8 Å². The Morgan fingerprint density at radius 2 is 1.44 bits per heavy atom. The normalized spacial score (nSPS) is 12.7. The first-order valence-corrected chi connectivity index (χ1v) is 11.2. The summed E-state index contributed by atoms with van der Waals surface area (Å²) in [6.07, 6.45) is 0. The standard InChI is InChI=1S/C27H16BrNO5/c28-19-11-8-17(9-12-19)24(30)15-34-27(33)18-10-13-21-22(14-18)26(32)29(25(21)31)23-7-3-5-16-4-1-2-6-20(16)23/h1-14H,15H2. The molecule has 0 aliphatic carbocycles. The second kappa shape index (κ2) is 8.68. The van der Waals surface area contributed by atoms with Crippen molar-refractivity contribution in [2.24, 2.45) is 0 Å². The molecule has 0 aromatic heterocycles. The fraction of sp³-hybridized carbons (Fsp3) is 0.0370. The Bertz CT molecular complexity index is 1490. The number of halogens is 1. The molecule has 5 rings (SSSR count). The number of nitrogens with zero attached hydrogens (tertiary/aromatic N) is 1. The van der Waals surface area contributed by atoms with Gasteiger partial charge in [0, 0.05) is 15.4 Å². The Morgan fingerprint density at radius 1 is 0.765 bits per heavy atom. The molecule has 7 heteroatoms. The fourth-order valence-corrected chi connectivity index (χ4v) is 4.19. The van der Waals surface area contributed by atoms with Crippen molar-refractivity contribution in [3.05, 3.63) is 112 Å². The fourth-order valence-electron chi connectivity index (χ4n) is 3.92. The largest absolute Gasteiger partial charge is 0.454 e. The molecule has 1 heterocycles. The maximum absolute atomic E-state index is 13.2. The Hall–Kier alpha value is -4.10. The van der Waals surface area contributed by atoms with Crippen LogP contribution < -0.4 is 4.90 Å². The zero-order valence-corrected chi connectivity index (χ0v) is 19.2. The topological polar surface area (TPSA) is 80.8 Å². The van der Waals surface area contributed by atoms with Crippen LogP contribution >= 0.6 is 15.9 Å². The maximum atomic E-state index is 13.2. The van der Waals surface area contributed by atoms with Crippen LogP contribution in [0.2, 0.25) is 0 Å². The van der Waals surface area contributed by atoms with E-state index >= 15 is 0 Å². The highest BCUT2D eigenvalue weighted by molar-refractivity contribution is 9.10. The molecule has 0 N–H and O–H groups in total. The second-order valence-electron chi connectivity index (χ2n) is 7.71. The van der Waals surface area contributed by atoms with Crippen LogP contribution in [0.15, 0.2) is 89.4 Å². The lowest BCUT2D eigenvalue weighted by Gasteiger charge is -2.16. The number of anilines is 1. The van der Waals surface area contributed by atoms with Gasteiger partial charge < -0.3 is 4.74 Å². The van der Waals surface area contributed by atoms with E-state index in [4.69, 9.17) is 4.74 Å². The van der Waals surface area contributed by atoms with Crippen LogP contribution in [0, 0.1) is 0 Å². The molecule has 2 amide bonds. The zero-order chi connectivity index (χ0) is 23.8. The third kappa shape index (κ3) is 3.80. The number of ketones is 1. The first-order chi connectivity index (χ1) is 16.4. The minimum absolute atomic E-state index is 0.0864. The summed E-state index contributed by atoms with van der Waals surface area (Å²) in [5.74, 6) is -2.08. The average molecular weight is 514 g/mol. The van der Waals surface area contributed by atoms with Crippen LogP contribution in [-0.4, -0.2) is 30.2 Å². The van der Waals surface area contributed by atoms with Crippen molar-refractivity contribution in [2.75, 3.05) is 11.5 Å². The number of Topliss-reactive ketones (excluding diaryl/α,β-unsaturated/α-hetero) is 1. The van der Waals surface area contributed by atoms with Gasteiger partial charge in [-0.15, -0.1) is 0 Å². The summed E-state index contributed by atoms with van der Waals surface area (Å²) in [6, 6.07) is 23.8. The number of esters is 1. The first-order valence-electron chi connectivity index (χ1n) is 10.4. The molecule has 1 aliphatic heterocycles.